The van der Waals surface area contributed by atoms with Crippen LogP contribution in [0.2, 0.25) is 0 Å². The largest absolute Gasteiger partial charge is 0.364 e. The molecule has 0 aromatic heterocycles. The normalized spacial score (nSPS) is 15.9. The summed E-state index contributed by atoms with van der Waals surface area (Å²) in [5, 5.41) is 6.51. The molecule has 1 unspecified atom stereocenters. The lowest BCUT2D eigenvalue weighted by atomic mass is 10.0. The van der Waals surface area contributed by atoms with Crippen LogP contribution in [0.4, 0.5) is 11.4 Å². The molecule has 2 rings (SSSR count). The molecule has 1 aromatic rings. The lowest BCUT2D eigenvalue weighted by Crippen LogP contribution is -2.22. The Hall–Kier alpha value is -1.27. The summed E-state index contributed by atoms with van der Waals surface area (Å²) in [6.07, 6.45) is 18.3. The van der Waals surface area contributed by atoms with E-state index in [4.69, 9.17) is 0 Å². The summed E-state index contributed by atoms with van der Waals surface area (Å²) in [6, 6.07) is 4.90. The van der Waals surface area contributed by atoms with Crippen molar-refractivity contribution >= 4 is 21.5 Å². The van der Waals surface area contributed by atoms with Crippen molar-refractivity contribution in [2.45, 2.75) is 108 Å². The van der Waals surface area contributed by atoms with Crippen LogP contribution in [0.25, 0.3) is 0 Å². The van der Waals surface area contributed by atoms with Crippen LogP contribution in [0.3, 0.4) is 0 Å². The molecule has 0 aliphatic carbocycles. The second-order valence-corrected chi connectivity index (χ2v) is 9.42. The van der Waals surface area contributed by atoms with Crippen LogP contribution in [0.15, 0.2) is 23.1 Å². The third-order valence-electron chi connectivity index (χ3n) is 5.55. The molecule has 160 valence electrons. The van der Waals surface area contributed by atoms with Gasteiger partial charge in [-0.1, -0.05) is 90.0 Å². The zero-order valence-electron chi connectivity index (χ0n) is 17.4. The monoisotopic (exact) mass is 410 g/mol. The van der Waals surface area contributed by atoms with Crippen molar-refractivity contribution < 1.29 is 13.0 Å². The highest BCUT2D eigenvalue weighted by atomic mass is 32.2. The molecule has 6 heteroatoms. The highest BCUT2D eigenvalue weighted by Crippen LogP contribution is 2.36. The summed E-state index contributed by atoms with van der Waals surface area (Å²) >= 11 is 0. The molecule has 5 nitrogen and oxygen atoms in total. The van der Waals surface area contributed by atoms with E-state index < -0.39 is 10.1 Å². The fraction of sp³-hybridized carbons (Fsp3) is 0.727. The molecule has 1 aromatic carbocycles. The van der Waals surface area contributed by atoms with Crippen LogP contribution >= 0.6 is 0 Å². The van der Waals surface area contributed by atoms with Crippen molar-refractivity contribution in [1.82, 2.24) is 0 Å². The van der Waals surface area contributed by atoms with Crippen LogP contribution in [0, 0.1) is 0 Å². The van der Waals surface area contributed by atoms with E-state index in [0.717, 1.165) is 18.5 Å². The fourth-order valence-electron chi connectivity index (χ4n) is 3.92. The minimum atomic E-state index is -4.20. The lowest BCUT2D eigenvalue weighted by molar-refractivity contribution is 0.483. The van der Waals surface area contributed by atoms with Gasteiger partial charge in [-0.05, 0) is 25.0 Å². The van der Waals surface area contributed by atoms with Crippen molar-refractivity contribution in [1.29, 1.82) is 0 Å². The molecule has 0 amide bonds. The maximum Gasteiger partial charge on any atom is 0.296 e. The molecule has 0 radical (unpaired) electrons. The maximum absolute atomic E-state index is 11.5. The Kier molecular flexibility index (Phi) is 10.1. The first-order chi connectivity index (χ1) is 13.5. The zero-order valence-corrected chi connectivity index (χ0v) is 18.2. The van der Waals surface area contributed by atoms with Gasteiger partial charge in [-0.2, -0.15) is 8.42 Å². The quantitative estimate of drug-likeness (QED) is 0.225. The highest BCUT2D eigenvalue weighted by Gasteiger charge is 2.26. The molecule has 0 saturated carbocycles. The van der Waals surface area contributed by atoms with Crippen molar-refractivity contribution in [2.75, 3.05) is 10.6 Å². The van der Waals surface area contributed by atoms with Crippen molar-refractivity contribution in [2.24, 2.45) is 0 Å². The average molecular weight is 411 g/mol. The van der Waals surface area contributed by atoms with Gasteiger partial charge >= 0.3 is 0 Å². The van der Waals surface area contributed by atoms with Gasteiger partial charge in [0.1, 0.15) is 4.90 Å². The lowest BCUT2D eigenvalue weighted by Gasteiger charge is -2.12. The number of unbranched alkanes of at least 4 members (excludes halogenated alkanes) is 12. The topological polar surface area (TPSA) is 78.4 Å². The second-order valence-electron chi connectivity index (χ2n) is 8.03. The maximum atomic E-state index is 11.5. The Labute approximate surface area is 171 Å². The fourth-order valence-corrected chi connectivity index (χ4v) is 4.60. The van der Waals surface area contributed by atoms with Crippen LogP contribution in [-0.2, 0) is 10.1 Å². The summed E-state index contributed by atoms with van der Waals surface area (Å²) < 4.78 is 32.3. The van der Waals surface area contributed by atoms with Crippen LogP contribution in [-0.4, -0.2) is 19.1 Å². The molecular formula is C22H38N2O3S. The van der Waals surface area contributed by atoms with E-state index in [-0.39, 0.29) is 11.1 Å². The van der Waals surface area contributed by atoms with Gasteiger partial charge in [-0.3, -0.25) is 4.55 Å². The van der Waals surface area contributed by atoms with Gasteiger partial charge < -0.3 is 10.6 Å². The molecule has 28 heavy (non-hydrogen) atoms. The van der Waals surface area contributed by atoms with Gasteiger partial charge in [0, 0.05) is 0 Å². The van der Waals surface area contributed by atoms with E-state index in [1.807, 2.05) is 6.07 Å². The molecule has 0 spiro atoms. The Morgan fingerprint density at radius 1 is 0.821 bits per heavy atom. The smallest absolute Gasteiger partial charge is 0.296 e. The van der Waals surface area contributed by atoms with Gasteiger partial charge in [0.05, 0.1) is 17.5 Å². The SMILES string of the molecule is CCCCCCCCCCCCCCCC1Nc2cccc(S(=O)(=O)O)c2N1. The molecular weight excluding hydrogens is 372 g/mol. The van der Waals surface area contributed by atoms with E-state index in [0.29, 0.717) is 5.69 Å². The first-order valence-corrected chi connectivity index (χ1v) is 12.6. The van der Waals surface area contributed by atoms with Gasteiger partial charge in [0.2, 0.25) is 0 Å². The number of benzene rings is 1. The minimum Gasteiger partial charge on any atom is -0.364 e. The summed E-state index contributed by atoms with van der Waals surface area (Å²) in [6.45, 7) is 2.26. The van der Waals surface area contributed by atoms with Crippen molar-refractivity contribution in [3.63, 3.8) is 0 Å². The number of anilines is 2. The summed E-state index contributed by atoms with van der Waals surface area (Å²) in [4.78, 5) is -0.0506. The van der Waals surface area contributed by atoms with Crippen LogP contribution < -0.4 is 10.6 Å². The van der Waals surface area contributed by atoms with E-state index >= 15 is 0 Å². The van der Waals surface area contributed by atoms with Gasteiger partial charge in [-0.25, -0.2) is 0 Å². The molecule has 3 N–H and O–H groups in total. The summed E-state index contributed by atoms with van der Waals surface area (Å²) in [5.74, 6) is 0. The van der Waals surface area contributed by atoms with Crippen molar-refractivity contribution in [3.8, 4) is 0 Å². The van der Waals surface area contributed by atoms with Crippen LogP contribution in [0.5, 0.6) is 0 Å². The number of para-hydroxylation sites is 1. The molecule has 1 atom stereocenters. The molecule has 0 saturated heterocycles. The number of hydrogen-bond acceptors (Lipinski definition) is 4. The number of rotatable bonds is 15. The summed E-state index contributed by atoms with van der Waals surface area (Å²) in [5.41, 5.74) is 1.24. The predicted octanol–water partition coefficient (Wildman–Crippen LogP) is 6.58. The van der Waals surface area contributed by atoms with E-state index in [9.17, 15) is 13.0 Å². The van der Waals surface area contributed by atoms with E-state index in [1.165, 1.54) is 83.1 Å². The van der Waals surface area contributed by atoms with Gasteiger partial charge in [0.25, 0.3) is 10.1 Å². The summed E-state index contributed by atoms with van der Waals surface area (Å²) in [7, 11) is -4.20. The van der Waals surface area contributed by atoms with Crippen LogP contribution in [0.1, 0.15) is 96.8 Å². The molecule has 1 heterocycles. The number of hydrogen-bond donors (Lipinski definition) is 3. The Morgan fingerprint density at radius 3 is 1.89 bits per heavy atom. The number of nitrogens with one attached hydrogen (secondary N) is 2. The molecule has 0 bridgehead atoms. The standard InChI is InChI=1S/C22H38N2O3S/c1-2-3-4-5-6-7-8-9-10-11-12-13-14-18-21-23-19-16-15-17-20(22(19)24-21)28(25,26)27/h15-17,21,23-24H,2-14,18H2,1H3,(H,25,26,27). The van der Waals surface area contributed by atoms with Crippen molar-refractivity contribution in [3.05, 3.63) is 18.2 Å². The third kappa shape index (κ3) is 8.00. The molecule has 1 aliphatic rings. The minimum absolute atomic E-state index is 0.0330. The molecule has 1 aliphatic heterocycles. The van der Waals surface area contributed by atoms with Gasteiger partial charge in [-0.15, -0.1) is 0 Å². The Bertz CT molecular complexity index is 676. The molecule has 0 fully saturated rings. The highest BCUT2D eigenvalue weighted by molar-refractivity contribution is 7.86. The first-order valence-electron chi connectivity index (χ1n) is 11.2. The van der Waals surface area contributed by atoms with E-state index in [2.05, 4.69) is 17.6 Å². The Balaban J connectivity index is 1.49. The predicted molar refractivity (Wildman–Crippen MR) is 118 cm³/mol. The first kappa shape index (κ1) is 23.0. The van der Waals surface area contributed by atoms with E-state index in [1.54, 1.807) is 6.07 Å². The zero-order chi connectivity index (χ0) is 20.2. The average Bonchev–Trinajstić information content (AvgIpc) is 3.07. The van der Waals surface area contributed by atoms with Gasteiger partial charge in [0.15, 0.2) is 0 Å². The second kappa shape index (κ2) is 12.3. The Morgan fingerprint density at radius 2 is 1.36 bits per heavy atom. The number of fused-ring (bicyclic) bond motifs is 1. The third-order valence-corrected chi connectivity index (χ3v) is 6.44.